The first-order chi connectivity index (χ1) is 13.2. The number of benzene rings is 2. The van der Waals surface area contributed by atoms with Crippen LogP contribution < -0.4 is 20.1 Å². The molecule has 1 heterocycles. The monoisotopic (exact) mass is 386 g/mol. The van der Waals surface area contributed by atoms with Crippen LogP contribution in [0.3, 0.4) is 0 Å². The Morgan fingerprint density at radius 1 is 1.11 bits per heavy atom. The summed E-state index contributed by atoms with van der Waals surface area (Å²) in [6.45, 7) is 5.17. The second-order valence-corrected chi connectivity index (χ2v) is 7.45. The number of fused-ring (bicyclic) bond motifs is 1. The summed E-state index contributed by atoms with van der Waals surface area (Å²) in [6.07, 6.45) is 1.35. The summed E-state index contributed by atoms with van der Waals surface area (Å²) in [4.78, 5) is 13.3. The van der Waals surface area contributed by atoms with Gasteiger partial charge in [-0.3, -0.25) is 4.79 Å². The van der Waals surface area contributed by atoms with Crippen LogP contribution in [-0.2, 0) is 11.3 Å². The third kappa shape index (κ3) is 6.19. The third-order valence-corrected chi connectivity index (χ3v) is 5.10. The van der Waals surface area contributed by atoms with Crippen LogP contribution in [0.25, 0.3) is 0 Å². The van der Waals surface area contributed by atoms with Crippen LogP contribution in [0.2, 0.25) is 0 Å². The Balaban J connectivity index is 1.46. The Bertz CT molecular complexity index is 767. The van der Waals surface area contributed by atoms with Crippen molar-refractivity contribution >= 4 is 23.4 Å². The molecule has 0 fully saturated rings. The average Bonchev–Trinajstić information content (AvgIpc) is 2.91. The minimum atomic E-state index is 0.0254. The molecule has 2 aromatic rings. The number of amides is 1. The van der Waals surface area contributed by atoms with E-state index >= 15 is 0 Å². The van der Waals surface area contributed by atoms with Crippen LogP contribution in [0.15, 0.2) is 47.4 Å². The largest absolute Gasteiger partial charge is 0.490 e. The molecule has 6 heteroatoms. The molecule has 0 spiro atoms. The quantitative estimate of drug-likeness (QED) is 0.670. The minimum Gasteiger partial charge on any atom is -0.490 e. The molecule has 0 aliphatic carbocycles. The van der Waals surface area contributed by atoms with Crippen molar-refractivity contribution in [3.05, 3.63) is 48.0 Å². The standard InChI is InChI=1S/C21H26N2O3S/c1-2-22-15-16-5-3-6-17(13-16)23-21(24)9-12-27-18-7-8-19-20(14-18)26-11-4-10-25-19/h3,5-8,13-14,22H,2,4,9-12,15H2,1H3,(H,23,24). The Hall–Kier alpha value is -2.18. The number of hydrogen-bond acceptors (Lipinski definition) is 5. The predicted molar refractivity (Wildman–Crippen MR) is 110 cm³/mol. The van der Waals surface area contributed by atoms with Crippen molar-refractivity contribution < 1.29 is 14.3 Å². The summed E-state index contributed by atoms with van der Waals surface area (Å²) in [5.41, 5.74) is 2.01. The molecule has 0 atom stereocenters. The maximum absolute atomic E-state index is 12.2. The number of carbonyl (C=O) groups is 1. The lowest BCUT2D eigenvalue weighted by molar-refractivity contribution is -0.115. The van der Waals surface area contributed by atoms with E-state index in [0.717, 1.165) is 47.2 Å². The molecule has 0 aromatic heterocycles. The number of carbonyl (C=O) groups excluding carboxylic acids is 1. The fraction of sp³-hybridized carbons (Fsp3) is 0.381. The van der Waals surface area contributed by atoms with Crippen molar-refractivity contribution in [3.63, 3.8) is 0 Å². The zero-order valence-corrected chi connectivity index (χ0v) is 16.4. The third-order valence-electron chi connectivity index (χ3n) is 4.11. The smallest absolute Gasteiger partial charge is 0.225 e. The van der Waals surface area contributed by atoms with Gasteiger partial charge in [-0.05, 0) is 42.4 Å². The molecule has 0 saturated carbocycles. The lowest BCUT2D eigenvalue weighted by atomic mass is 10.2. The molecule has 27 heavy (non-hydrogen) atoms. The van der Waals surface area contributed by atoms with Crippen LogP contribution in [-0.4, -0.2) is 31.4 Å². The second-order valence-electron chi connectivity index (χ2n) is 6.29. The SMILES string of the molecule is CCNCc1cccc(NC(=O)CCSc2ccc3c(c2)OCCCO3)c1. The van der Waals surface area contributed by atoms with Crippen molar-refractivity contribution in [2.75, 3.05) is 30.8 Å². The van der Waals surface area contributed by atoms with Gasteiger partial charge in [0, 0.05) is 35.7 Å². The Labute approximate surface area is 164 Å². The van der Waals surface area contributed by atoms with E-state index in [4.69, 9.17) is 9.47 Å². The van der Waals surface area contributed by atoms with Gasteiger partial charge in [-0.25, -0.2) is 0 Å². The van der Waals surface area contributed by atoms with E-state index in [1.807, 2.05) is 36.4 Å². The topological polar surface area (TPSA) is 59.6 Å². The molecule has 1 aliphatic rings. The first kappa shape index (κ1) is 19.6. The Morgan fingerprint density at radius 2 is 1.96 bits per heavy atom. The highest BCUT2D eigenvalue weighted by Crippen LogP contribution is 2.34. The van der Waals surface area contributed by atoms with Gasteiger partial charge in [0.25, 0.3) is 0 Å². The molecular formula is C21H26N2O3S. The van der Waals surface area contributed by atoms with Crippen molar-refractivity contribution in [2.45, 2.75) is 31.2 Å². The molecule has 1 amide bonds. The predicted octanol–water partition coefficient (Wildman–Crippen LogP) is 4.08. The van der Waals surface area contributed by atoms with Crippen LogP contribution in [0.1, 0.15) is 25.3 Å². The molecule has 2 aromatic carbocycles. The van der Waals surface area contributed by atoms with Crippen LogP contribution in [0.4, 0.5) is 5.69 Å². The second kappa shape index (κ2) is 10.2. The number of hydrogen-bond donors (Lipinski definition) is 2. The lowest BCUT2D eigenvalue weighted by Crippen LogP contribution is -2.14. The normalized spacial score (nSPS) is 13.1. The summed E-state index contributed by atoms with van der Waals surface area (Å²) in [5.74, 6) is 2.33. The molecule has 5 nitrogen and oxygen atoms in total. The van der Waals surface area contributed by atoms with E-state index in [1.165, 1.54) is 0 Å². The minimum absolute atomic E-state index is 0.0254. The van der Waals surface area contributed by atoms with E-state index in [-0.39, 0.29) is 5.91 Å². The lowest BCUT2D eigenvalue weighted by Gasteiger charge is -2.10. The molecule has 0 bridgehead atoms. The maximum Gasteiger partial charge on any atom is 0.225 e. The molecule has 2 N–H and O–H groups in total. The number of rotatable bonds is 8. The molecule has 0 radical (unpaired) electrons. The summed E-state index contributed by atoms with van der Waals surface area (Å²) in [7, 11) is 0. The van der Waals surface area contributed by atoms with Crippen molar-refractivity contribution in [1.29, 1.82) is 0 Å². The fourth-order valence-electron chi connectivity index (χ4n) is 2.75. The van der Waals surface area contributed by atoms with Crippen molar-refractivity contribution in [3.8, 4) is 11.5 Å². The van der Waals surface area contributed by atoms with Gasteiger partial charge in [0.05, 0.1) is 13.2 Å². The molecule has 0 saturated heterocycles. The summed E-state index contributed by atoms with van der Waals surface area (Å²) >= 11 is 1.65. The van der Waals surface area contributed by atoms with Crippen molar-refractivity contribution in [2.24, 2.45) is 0 Å². The molecule has 1 aliphatic heterocycles. The van der Waals surface area contributed by atoms with Gasteiger partial charge < -0.3 is 20.1 Å². The summed E-state index contributed by atoms with van der Waals surface area (Å²) in [6, 6.07) is 13.9. The van der Waals surface area contributed by atoms with Gasteiger partial charge in [-0.1, -0.05) is 19.1 Å². The number of ether oxygens (including phenoxy) is 2. The van der Waals surface area contributed by atoms with Gasteiger partial charge in [0.2, 0.25) is 5.91 Å². The zero-order valence-electron chi connectivity index (χ0n) is 15.6. The maximum atomic E-state index is 12.2. The van der Waals surface area contributed by atoms with E-state index in [9.17, 15) is 4.79 Å². The van der Waals surface area contributed by atoms with E-state index < -0.39 is 0 Å². The summed E-state index contributed by atoms with van der Waals surface area (Å²) in [5, 5.41) is 6.27. The highest BCUT2D eigenvalue weighted by Gasteiger charge is 2.11. The van der Waals surface area contributed by atoms with Crippen LogP contribution in [0.5, 0.6) is 11.5 Å². The number of thioether (sulfide) groups is 1. The Kier molecular flexibility index (Phi) is 7.42. The molecule has 144 valence electrons. The van der Waals surface area contributed by atoms with Gasteiger partial charge in [-0.15, -0.1) is 11.8 Å². The van der Waals surface area contributed by atoms with Gasteiger partial charge in [0.1, 0.15) is 0 Å². The number of anilines is 1. The van der Waals surface area contributed by atoms with Gasteiger partial charge >= 0.3 is 0 Å². The molecule has 0 unspecified atom stereocenters. The van der Waals surface area contributed by atoms with E-state index in [1.54, 1.807) is 11.8 Å². The summed E-state index contributed by atoms with van der Waals surface area (Å²) < 4.78 is 11.4. The fourth-order valence-corrected chi connectivity index (χ4v) is 3.62. The average molecular weight is 387 g/mol. The van der Waals surface area contributed by atoms with E-state index in [2.05, 4.69) is 23.6 Å². The first-order valence-electron chi connectivity index (χ1n) is 9.36. The van der Waals surface area contributed by atoms with Gasteiger partial charge in [-0.2, -0.15) is 0 Å². The highest BCUT2D eigenvalue weighted by atomic mass is 32.2. The molecular weight excluding hydrogens is 360 g/mol. The van der Waals surface area contributed by atoms with E-state index in [0.29, 0.717) is 25.4 Å². The highest BCUT2D eigenvalue weighted by molar-refractivity contribution is 7.99. The van der Waals surface area contributed by atoms with Gasteiger partial charge in [0.15, 0.2) is 11.5 Å². The van der Waals surface area contributed by atoms with Crippen molar-refractivity contribution in [1.82, 2.24) is 5.32 Å². The Morgan fingerprint density at radius 3 is 2.81 bits per heavy atom. The van der Waals surface area contributed by atoms with Crippen LogP contribution >= 0.6 is 11.8 Å². The first-order valence-corrected chi connectivity index (χ1v) is 10.3. The zero-order chi connectivity index (χ0) is 18.9. The molecule has 3 rings (SSSR count). The number of nitrogens with one attached hydrogen (secondary N) is 2. The van der Waals surface area contributed by atoms with Crippen LogP contribution in [0, 0.1) is 0 Å².